The molecule has 0 bridgehead atoms. The Hall–Kier alpha value is -2.04. The molecule has 0 spiro atoms. The Morgan fingerprint density at radius 2 is 1.61 bits per heavy atom. The number of halogens is 1. The molecule has 31 heavy (non-hydrogen) atoms. The van der Waals surface area contributed by atoms with E-state index in [2.05, 4.69) is 35.2 Å². The lowest BCUT2D eigenvalue weighted by Crippen LogP contribution is -2.34. The van der Waals surface area contributed by atoms with E-state index in [0.29, 0.717) is 30.7 Å². The molecule has 1 unspecified atom stereocenters. The van der Waals surface area contributed by atoms with Crippen molar-refractivity contribution in [3.05, 3.63) is 59.2 Å². The van der Waals surface area contributed by atoms with Gasteiger partial charge >= 0.3 is 0 Å². The van der Waals surface area contributed by atoms with E-state index in [0.717, 1.165) is 49.4 Å². The van der Waals surface area contributed by atoms with Gasteiger partial charge in [-0.1, -0.05) is 30.3 Å². The number of likely N-dealkylation sites (tertiary alicyclic amines) is 1. The number of rotatable bonds is 8. The molecule has 1 fully saturated rings. The Kier molecular flexibility index (Phi) is 8.39. The summed E-state index contributed by atoms with van der Waals surface area (Å²) in [4.78, 5) is 15.6. The van der Waals surface area contributed by atoms with Crippen molar-refractivity contribution in [3.8, 4) is 11.5 Å². The van der Waals surface area contributed by atoms with Crippen molar-refractivity contribution in [2.45, 2.75) is 46.1 Å². The average Bonchev–Trinajstić information content (AvgIpc) is 3.05. The molecule has 2 aromatic rings. The second-order valence-electron chi connectivity index (χ2n) is 8.53. The van der Waals surface area contributed by atoms with Crippen LogP contribution in [0, 0.1) is 11.8 Å². The van der Waals surface area contributed by atoms with E-state index in [-0.39, 0.29) is 18.3 Å². The molecule has 1 aliphatic carbocycles. The first kappa shape index (κ1) is 23.6. The molecule has 0 aromatic heterocycles. The molecule has 168 valence electrons. The highest BCUT2D eigenvalue weighted by molar-refractivity contribution is 6.02. The molecule has 4 rings (SSSR count). The number of benzene rings is 2. The van der Waals surface area contributed by atoms with Crippen LogP contribution in [-0.4, -0.2) is 37.0 Å². The van der Waals surface area contributed by atoms with Gasteiger partial charge in [-0.05, 0) is 81.8 Å². The first-order chi connectivity index (χ1) is 14.7. The number of hydrogen-bond acceptors (Lipinski definition) is 4. The van der Waals surface area contributed by atoms with E-state index in [4.69, 9.17) is 9.47 Å². The van der Waals surface area contributed by atoms with Gasteiger partial charge in [0.1, 0.15) is 0 Å². The number of hydrogen-bond donors (Lipinski definition) is 0. The minimum absolute atomic E-state index is 0. The summed E-state index contributed by atoms with van der Waals surface area (Å²) in [7, 11) is 0. The highest BCUT2D eigenvalue weighted by Crippen LogP contribution is 2.40. The van der Waals surface area contributed by atoms with Crippen molar-refractivity contribution < 1.29 is 14.3 Å². The maximum atomic E-state index is 13.1. The quantitative estimate of drug-likeness (QED) is 0.535. The maximum Gasteiger partial charge on any atom is 0.166 e. The van der Waals surface area contributed by atoms with Crippen molar-refractivity contribution in [3.63, 3.8) is 0 Å². The van der Waals surface area contributed by atoms with Crippen LogP contribution in [0.4, 0.5) is 0 Å². The molecular weight excluding hydrogens is 410 g/mol. The standard InChI is InChI=1S/C26H33NO3.ClH/c1-3-29-24-16-21-15-22(26(28)23(21)17-25(24)30-4-2)14-19-10-12-27(13-11-19)18-20-8-6-5-7-9-20;/h5-9,16-17,19,22H,3-4,10-15,18H2,1-2H3;1H. The molecule has 0 N–H and O–H groups in total. The van der Waals surface area contributed by atoms with Gasteiger partial charge in [-0.2, -0.15) is 0 Å². The predicted molar refractivity (Wildman–Crippen MR) is 127 cm³/mol. The Morgan fingerprint density at radius 1 is 0.968 bits per heavy atom. The summed E-state index contributed by atoms with van der Waals surface area (Å²) in [6.07, 6.45) is 4.20. The van der Waals surface area contributed by atoms with Gasteiger partial charge in [0, 0.05) is 18.0 Å². The lowest BCUT2D eigenvalue weighted by atomic mass is 9.85. The number of ether oxygens (including phenoxy) is 2. The normalized spacial score (nSPS) is 19.0. The molecule has 0 radical (unpaired) electrons. The largest absolute Gasteiger partial charge is 0.490 e. The summed E-state index contributed by atoms with van der Waals surface area (Å²) in [6, 6.07) is 14.6. The van der Waals surface area contributed by atoms with Crippen LogP contribution in [0.15, 0.2) is 42.5 Å². The number of Topliss-reactive ketones (excluding diaryl/α,β-unsaturated/α-hetero) is 1. The van der Waals surface area contributed by atoms with Gasteiger partial charge in [-0.15, -0.1) is 12.4 Å². The molecular formula is C26H34ClNO3. The first-order valence-electron chi connectivity index (χ1n) is 11.4. The Bertz CT molecular complexity index is 862. The van der Waals surface area contributed by atoms with Crippen LogP contribution in [0.3, 0.4) is 0 Å². The van der Waals surface area contributed by atoms with Gasteiger partial charge < -0.3 is 9.47 Å². The van der Waals surface area contributed by atoms with Crippen LogP contribution in [-0.2, 0) is 13.0 Å². The molecule has 5 heteroatoms. The van der Waals surface area contributed by atoms with E-state index in [9.17, 15) is 4.79 Å². The zero-order valence-electron chi connectivity index (χ0n) is 18.6. The zero-order valence-corrected chi connectivity index (χ0v) is 19.5. The van der Waals surface area contributed by atoms with E-state index in [1.54, 1.807) is 0 Å². The van der Waals surface area contributed by atoms with Crippen LogP contribution in [0.25, 0.3) is 0 Å². The number of piperidine rings is 1. The van der Waals surface area contributed by atoms with Crippen molar-refractivity contribution in [2.75, 3.05) is 26.3 Å². The Morgan fingerprint density at radius 3 is 2.26 bits per heavy atom. The van der Waals surface area contributed by atoms with E-state index in [1.165, 1.54) is 18.4 Å². The fraction of sp³-hybridized carbons (Fsp3) is 0.500. The molecule has 0 amide bonds. The van der Waals surface area contributed by atoms with E-state index < -0.39 is 0 Å². The van der Waals surface area contributed by atoms with Crippen LogP contribution in [0.5, 0.6) is 11.5 Å². The fourth-order valence-corrected chi connectivity index (χ4v) is 4.93. The first-order valence-corrected chi connectivity index (χ1v) is 11.4. The molecule has 4 nitrogen and oxygen atoms in total. The third-order valence-electron chi connectivity index (χ3n) is 6.45. The van der Waals surface area contributed by atoms with Gasteiger partial charge in [0.15, 0.2) is 17.3 Å². The van der Waals surface area contributed by atoms with Crippen molar-refractivity contribution >= 4 is 18.2 Å². The summed E-state index contributed by atoms with van der Waals surface area (Å²) in [6.45, 7) is 8.36. The summed E-state index contributed by atoms with van der Waals surface area (Å²) >= 11 is 0. The number of ketones is 1. The predicted octanol–water partition coefficient (Wildman–Crippen LogP) is 5.56. The van der Waals surface area contributed by atoms with Crippen LogP contribution < -0.4 is 9.47 Å². The molecule has 2 aliphatic rings. The summed E-state index contributed by atoms with van der Waals surface area (Å²) in [5.74, 6) is 2.50. The highest BCUT2D eigenvalue weighted by atomic mass is 35.5. The molecule has 1 saturated heterocycles. The fourth-order valence-electron chi connectivity index (χ4n) is 4.93. The van der Waals surface area contributed by atoms with Crippen LogP contribution in [0.2, 0.25) is 0 Å². The monoisotopic (exact) mass is 443 g/mol. The maximum absolute atomic E-state index is 13.1. The van der Waals surface area contributed by atoms with Gasteiger partial charge in [0.05, 0.1) is 13.2 Å². The molecule has 0 saturated carbocycles. The van der Waals surface area contributed by atoms with Gasteiger partial charge in [0.25, 0.3) is 0 Å². The summed E-state index contributed by atoms with van der Waals surface area (Å²) in [5, 5.41) is 0. The smallest absolute Gasteiger partial charge is 0.166 e. The molecule has 1 heterocycles. The number of carbonyl (C=O) groups is 1. The minimum Gasteiger partial charge on any atom is -0.490 e. The number of fused-ring (bicyclic) bond motifs is 1. The van der Waals surface area contributed by atoms with Crippen LogP contribution >= 0.6 is 12.4 Å². The van der Waals surface area contributed by atoms with Crippen molar-refractivity contribution in [1.29, 1.82) is 0 Å². The van der Waals surface area contributed by atoms with E-state index in [1.807, 2.05) is 26.0 Å². The second-order valence-corrected chi connectivity index (χ2v) is 8.53. The van der Waals surface area contributed by atoms with Gasteiger partial charge in [-0.3, -0.25) is 9.69 Å². The number of nitrogens with zero attached hydrogens (tertiary/aromatic N) is 1. The molecule has 1 aliphatic heterocycles. The Balaban J connectivity index is 0.00000272. The SMILES string of the molecule is CCOc1cc2c(cc1OCC)C(=O)C(CC1CCN(Cc3ccccc3)CC1)C2.Cl. The molecule has 2 aromatic carbocycles. The lowest BCUT2D eigenvalue weighted by molar-refractivity contribution is 0.0895. The Labute approximate surface area is 192 Å². The topological polar surface area (TPSA) is 38.8 Å². The summed E-state index contributed by atoms with van der Waals surface area (Å²) < 4.78 is 11.5. The average molecular weight is 444 g/mol. The third-order valence-corrected chi connectivity index (χ3v) is 6.45. The lowest BCUT2D eigenvalue weighted by Gasteiger charge is -2.32. The highest BCUT2D eigenvalue weighted by Gasteiger charge is 2.34. The van der Waals surface area contributed by atoms with Crippen LogP contribution in [0.1, 0.15) is 54.6 Å². The third kappa shape index (κ3) is 5.61. The van der Waals surface area contributed by atoms with Crippen molar-refractivity contribution in [2.24, 2.45) is 11.8 Å². The zero-order chi connectivity index (χ0) is 20.9. The minimum atomic E-state index is 0. The van der Waals surface area contributed by atoms with Crippen molar-refractivity contribution in [1.82, 2.24) is 4.90 Å². The molecule has 1 atom stereocenters. The summed E-state index contributed by atoms with van der Waals surface area (Å²) in [5.41, 5.74) is 3.35. The second kappa shape index (κ2) is 11.0. The number of carbonyl (C=O) groups excluding carboxylic acids is 1. The van der Waals surface area contributed by atoms with E-state index >= 15 is 0 Å². The van der Waals surface area contributed by atoms with Gasteiger partial charge in [0.2, 0.25) is 0 Å². The van der Waals surface area contributed by atoms with Gasteiger partial charge in [-0.25, -0.2) is 0 Å².